The molecule has 70 valence electrons. The fraction of sp³-hybridized carbons (Fsp3) is 0.625. The highest BCUT2D eigenvalue weighted by atomic mass is 35.5. The molecule has 0 bridgehead atoms. The van der Waals surface area contributed by atoms with Gasteiger partial charge in [-0.1, -0.05) is 6.92 Å². The lowest BCUT2D eigenvalue weighted by Gasteiger charge is -1.94. The normalized spacial score (nSPS) is 9.58. The van der Waals surface area contributed by atoms with Crippen LogP contribution in [0.5, 0.6) is 0 Å². The van der Waals surface area contributed by atoms with Gasteiger partial charge in [-0.2, -0.15) is 5.10 Å². The highest BCUT2D eigenvalue weighted by Crippen LogP contribution is 2.04. The minimum Gasteiger partial charge on any atom is -0.326 e. The molecule has 0 fully saturated rings. The lowest BCUT2D eigenvalue weighted by Crippen LogP contribution is -1.97. The molecule has 3 nitrogen and oxygen atoms in total. The molecule has 0 saturated carbocycles. The van der Waals surface area contributed by atoms with Crippen LogP contribution in [-0.4, -0.2) is 9.78 Å². The molecule has 0 aliphatic heterocycles. The summed E-state index contributed by atoms with van der Waals surface area (Å²) in [7, 11) is 0. The van der Waals surface area contributed by atoms with Crippen LogP contribution in [0.4, 0.5) is 0 Å². The molecule has 2 N–H and O–H groups in total. The molecule has 1 aromatic rings. The van der Waals surface area contributed by atoms with Gasteiger partial charge >= 0.3 is 0 Å². The van der Waals surface area contributed by atoms with E-state index in [2.05, 4.69) is 12.0 Å². The minimum atomic E-state index is 0. The van der Waals surface area contributed by atoms with Gasteiger partial charge in [-0.15, -0.1) is 12.4 Å². The van der Waals surface area contributed by atoms with Gasteiger partial charge in [0.15, 0.2) is 0 Å². The van der Waals surface area contributed by atoms with E-state index in [4.69, 9.17) is 5.73 Å². The molecule has 0 saturated heterocycles. The predicted molar refractivity (Wildman–Crippen MR) is 52.4 cm³/mol. The standard InChI is InChI=1S/C8H15N3.ClH/c1-3-4-11-6-8(5-9)7(2)10-11;/h6H,3-5,9H2,1-2H3;1H. The van der Waals surface area contributed by atoms with E-state index < -0.39 is 0 Å². The van der Waals surface area contributed by atoms with Gasteiger partial charge < -0.3 is 5.73 Å². The van der Waals surface area contributed by atoms with Crippen LogP contribution in [0.25, 0.3) is 0 Å². The van der Waals surface area contributed by atoms with Crippen molar-refractivity contribution in [3.05, 3.63) is 17.5 Å². The third kappa shape index (κ3) is 2.50. The van der Waals surface area contributed by atoms with Crippen LogP contribution in [0.3, 0.4) is 0 Å². The van der Waals surface area contributed by atoms with E-state index >= 15 is 0 Å². The van der Waals surface area contributed by atoms with Crippen molar-refractivity contribution < 1.29 is 0 Å². The first-order chi connectivity index (χ1) is 5.27. The molecule has 4 heteroatoms. The highest BCUT2D eigenvalue weighted by molar-refractivity contribution is 5.85. The maximum Gasteiger partial charge on any atom is 0.0638 e. The molecule has 1 aromatic heterocycles. The predicted octanol–water partition coefficient (Wildman–Crippen LogP) is 1.48. The van der Waals surface area contributed by atoms with Crippen LogP contribution in [0.15, 0.2) is 6.20 Å². The number of hydrogen-bond acceptors (Lipinski definition) is 2. The fourth-order valence-electron chi connectivity index (χ4n) is 1.10. The molecule has 12 heavy (non-hydrogen) atoms. The third-order valence-corrected chi connectivity index (χ3v) is 1.72. The van der Waals surface area contributed by atoms with Crippen molar-refractivity contribution in [3.63, 3.8) is 0 Å². The largest absolute Gasteiger partial charge is 0.326 e. The summed E-state index contributed by atoms with van der Waals surface area (Å²) in [5, 5.41) is 4.31. The van der Waals surface area contributed by atoms with Crippen molar-refractivity contribution >= 4 is 12.4 Å². The summed E-state index contributed by atoms with van der Waals surface area (Å²) >= 11 is 0. The summed E-state index contributed by atoms with van der Waals surface area (Å²) < 4.78 is 1.96. The van der Waals surface area contributed by atoms with Crippen molar-refractivity contribution in [2.75, 3.05) is 0 Å². The monoisotopic (exact) mass is 189 g/mol. The smallest absolute Gasteiger partial charge is 0.0638 e. The molecule has 1 rings (SSSR count). The van der Waals surface area contributed by atoms with Crippen molar-refractivity contribution in [1.29, 1.82) is 0 Å². The molecule has 0 unspecified atom stereocenters. The van der Waals surface area contributed by atoms with Gasteiger partial charge in [-0.25, -0.2) is 0 Å². The van der Waals surface area contributed by atoms with Crippen molar-refractivity contribution in [1.82, 2.24) is 9.78 Å². The first kappa shape index (κ1) is 11.5. The summed E-state index contributed by atoms with van der Waals surface area (Å²) in [6.07, 6.45) is 3.14. The average molecular weight is 190 g/mol. The third-order valence-electron chi connectivity index (χ3n) is 1.72. The van der Waals surface area contributed by atoms with Gasteiger partial charge in [-0.05, 0) is 13.3 Å². The van der Waals surface area contributed by atoms with Gasteiger partial charge in [0.1, 0.15) is 0 Å². The first-order valence-corrected chi connectivity index (χ1v) is 4.01. The van der Waals surface area contributed by atoms with E-state index in [0.717, 1.165) is 24.2 Å². The second kappa shape index (κ2) is 5.17. The second-order valence-corrected chi connectivity index (χ2v) is 2.71. The molecule has 0 aliphatic rings. The van der Waals surface area contributed by atoms with Gasteiger partial charge in [0.2, 0.25) is 0 Å². The number of nitrogens with zero attached hydrogens (tertiary/aromatic N) is 2. The lowest BCUT2D eigenvalue weighted by atomic mass is 10.3. The number of hydrogen-bond donors (Lipinski definition) is 1. The average Bonchev–Trinajstić information content (AvgIpc) is 2.32. The summed E-state index contributed by atoms with van der Waals surface area (Å²) in [4.78, 5) is 0. The minimum absolute atomic E-state index is 0. The Morgan fingerprint density at radius 1 is 1.58 bits per heavy atom. The second-order valence-electron chi connectivity index (χ2n) is 2.71. The van der Waals surface area contributed by atoms with Crippen molar-refractivity contribution in [3.8, 4) is 0 Å². The van der Waals surface area contributed by atoms with Gasteiger partial charge in [0.05, 0.1) is 5.69 Å². The number of halogens is 1. The summed E-state index contributed by atoms with van der Waals surface area (Å²) in [6, 6.07) is 0. The van der Waals surface area contributed by atoms with E-state index in [9.17, 15) is 0 Å². The van der Waals surface area contributed by atoms with Crippen LogP contribution in [0, 0.1) is 6.92 Å². The van der Waals surface area contributed by atoms with E-state index in [1.807, 2.05) is 17.8 Å². The van der Waals surface area contributed by atoms with Crippen molar-refractivity contribution in [2.24, 2.45) is 5.73 Å². The quantitative estimate of drug-likeness (QED) is 0.783. The van der Waals surface area contributed by atoms with Crippen molar-refractivity contribution in [2.45, 2.75) is 33.4 Å². The Morgan fingerprint density at radius 3 is 2.67 bits per heavy atom. The Balaban J connectivity index is 0.00000121. The van der Waals surface area contributed by atoms with Crippen LogP contribution < -0.4 is 5.73 Å². The Bertz CT molecular complexity index is 232. The summed E-state index contributed by atoms with van der Waals surface area (Å²) in [5.74, 6) is 0. The molecule has 0 aliphatic carbocycles. The Hall–Kier alpha value is -0.540. The Morgan fingerprint density at radius 2 is 2.25 bits per heavy atom. The zero-order valence-corrected chi connectivity index (χ0v) is 8.40. The number of rotatable bonds is 3. The zero-order chi connectivity index (χ0) is 8.27. The fourth-order valence-corrected chi connectivity index (χ4v) is 1.10. The molecular formula is C8H16ClN3. The molecule has 0 aromatic carbocycles. The van der Waals surface area contributed by atoms with Gasteiger partial charge in [0.25, 0.3) is 0 Å². The maximum absolute atomic E-state index is 5.51. The zero-order valence-electron chi connectivity index (χ0n) is 7.58. The summed E-state index contributed by atoms with van der Waals surface area (Å²) in [5.41, 5.74) is 7.71. The Labute approximate surface area is 79.4 Å². The molecular weight excluding hydrogens is 174 g/mol. The number of aromatic nitrogens is 2. The Kier molecular flexibility index (Phi) is 4.93. The molecule has 0 amide bonds. The highest BCUT2D eigenvalue weighted by Gasteiger charge is 2.00. The molecule has 1 heterocycles. The van der Waals surface area contributed by atoms with Crippen LogP contribution in [-0.2, 0) is 13.1 Å². The molecule has 0 atom stereocenters. The van der Waals surface area contributed by atoms with E-state index in [1.165, 1.54) is 0 Å². The number of nitrogens with two attached hydrogens (primary N) is 1. The van der Waals surface area contributed by atoms with E-state index in [-0.39, 0.29) is 12.4 Å². The van der Waals surface area contributed by atoms with Crippen LogP contribution in [0.1, 0.15) is 24.6 Å². The van der Waals surface area contributed by atoms with E-state index in [0.29, 0.717) is 6.54 Å². The topological polar surface area (TPSA) is 43.8 Å². The van der Waals surface area contributed by atoms with Gasteiger partial charge in [-0.3, -0.25) is 4.68 Å². The summed E-state index contributed by atoms with van der Waals surface area (Å²) in [6.45, 7) is 5.71. The molecule has 0 radical (unpaired) electrons. The van der Waals surface area contributed by atoms with E-state index in [1.54, 1.807) is 0 Å². The van der Waals surface area contributed by atoms with Crippen LogP contribution >= 0.6 is 12.4 Å². The van der Waals surface area contributed by atoms with Crippen LogP contribution in [0.2, 0.25) is 0 Å². The van der Waals surface area contributed by atoms with Gasteiger partial charge in [0, 0.05) is 24.8 Å². The first-order valence-electron chi connectivity index (χ1n) is 4.01. The molecule has 0 spiro atoms. The maximum atomic E-state index is 5.51. The SMILES string of the molecule is CCCn1cc(CN)c(C)n1.Cl. The lowest BCUT2D eigenvalue weighted by molar-refractivity contribution is 0.598. The number of aryl methyl sites for hydroxylation is 2.